The summed E-state index contributed by atoms with van der Waals surface area (Å²) in [6.45, 7) is 0.929. The summed E-state index contributed by atoms with van der Waals surface area (Å²) in [5, 5.41) is 0. The summed E-state index contributed by atoms with van der Waals surface area (Å²) in [7, 11) is 0. The van der Waals surface area contributed by atoms with Gasteiger partial charge in [0.05, 0.1) is 17.8 Å². The number of nitrogens with zero attached hydrogens (tertiary/aromatic N) is 2. The van der Waals surface area contributed by atoms with Gasteiger partial charge in [0.15, 0.2) is 0 Å². The molecule has 1 saturated heterocycles. The van der Waals surface area contributed by atoms with E-state index in [0.29, 0.717) is 48.3 Å². The summed E-state index contributed by atoms with van der Waals surface area (Å²) in [6.07, 6.45) is 1.07. The molecule has 5 rings (SSSR count). The van der Waals surface area contributed by atoms with Crippen molar-refractivity contribution in [3.8, 4) is 0 Å². The van der Waals surface area contributed by atoms with E-state index in [1.165, 1.54) is 17.8 Å². The SMILES string of the molecule is NC(=O)C1CCN(C(=O)c2ccc3c(c2)N(Cc2ccccc2F)C(=O)c2ccccc2S3)CC1. The summed E-state index contributed by atoms with van der Waals surface area (Å²) < 4.78 is 14.5. The average Bonchev–Trinajstić information content (AvgIpc) is 2.99. The monoisotopic (exact) mass is 489 g/mol. The molecule has 0 bridgehead atoms. The molecular weight excluding hydrogens is 465 g/mol. The molecule has 6 nitrogen and oxygen atoms in total. The normalized spacial score (nSPS) is 15.9. The number of halogens is 1. The number of nitrogens with two attached hydrogens (primary N) is 1. The number of piperidine rings is 1. The summed E-state index contributed by atoms with van der Waals surface area (Å²) >= 11 is 1.45. The maximum absolute atomic E-state index is 14.5. The Bertz CT molecular complexity index is 1320. The van der Waals surface area contributed by atoms with E-state index in [1.807, 2.05) is 18.2 Å². The Balaban J connectivity index is 1.51. The van der Waals surface area contributed by atoms with Crippen molar-refractivity contribution < 1.29 is 18.8 Å². The summed E-state index contributed by atoms with van der Waals surface area (Å²) in [5.41, 5.74) is 7.36. The molecule has 35 heavy (non-hydrogen) atoms. The molecular formula is C27H24FN3O3S. The van der Waals surface area contributed by atoms with Crippen molar-refractivity contribution in [3.63, 3.8) is 0 Å². The molecule has 0 spiro atoms. The zero-order valence-corrected chi connectivity index (χ0v) is 19.8. The molecule has 0 aliphatic carbocycles. The number of anilines is 1. The number of hydrogen-bond donors (Lipinski definition) is 1. The van der Waals surface area contributed by atoms with Gasteiger partial charge in [-0.15, -0.1) is 0 Å². The van der Waals surface area contributed by atoms with Gasteiger partial charge in [0.25, 0.3) is 11.8 Å². The number of amides is 3. The van der Waals surface area contributed by atoms with Crippen LogP contribution < -0.4 is 10.6 Å². The first kappa shape index (κ1) is 23.1. The lowest BCUT2D eigenvalue weighted by Crippen LogP contribution is -2.41. The maximum atomic E-state index is 14.5. The summed E-state index contributed by atoms with van der Waals surface area (Å²) in [5.74, 6) is -1.35. The summed E-state index contributed by atoms with van der Waals surface area (Å²) in [6, 6.07) is 19.0. The van der Waals surface area contributed by atoms with E-state index < -0.39 is 5.82 Å². The van der Waals surface area contributed by atoms with E-state index in [4.69, 9.17) is 5.73 Å². The lowest BCUT2D eigenvalue weighted by molar-refractivity contribution is -0.123. The van der Waals surface area contributed by atoms with Gasteiger partial charge in [0.1, 0.15) is 5.82 Å². The third kappa shape index (κ3) is 4.53. The second-order valence-electron chi connectivity index (χ2n) is 8.73. The maximum Gasteiger partial charge on any atom is 0.259 e. The number of primary amides is 1. The van der Waals surface area contributed by atoms with Crippen molar-refractivity contribution in [2.75, 3.05) is 18.0 Å². The van der Waals surface area contributed by atoms with Crippen LogP contribution in [0.4, 0.5) is 10.1 Å². The second-order valence-corrected chi connectivity index (χ2v) is 9.82. The molecule has 3 aromatic rings. The molecule has 8 heteroatoms. The van der Waals surface area contributed by atoms with Crippen LogP contribution in [0.15, 0.2) is 76.5 Å². The first-order chi connectivity index (χ1) is 16.9. The third-order valence-corrected chi connectivity index (χ3v) is 7.69. The number of rotatable bonds is 4. The fourth-order valence-electron chi connectivity index (χ4n) is 4.56. The predicted molar refractivity (Wildman–Crippen MR) is 132 cm³/mol. The van der Waals surface area contributed by atoms with Gasteiger partial charge in [-0.25, -0.2) is 4.39 Å². The number of carbonyl (C=O) groups excluding carboxylic acids is 3. The second kappa shape index (κ2) is 9.54. The molecule has 2 heterocycles. The zero-order valence-electron chi connectivity index (χ0n) is 18.9. The lowest BCUT2D eigenvalue weighted by atomic mass is 9.96. The highest BCUT2D eigenvalue weighted by molar-refractivity contribution is 7.99. The molecule has 2 N–H and O–H groups in total. The van der Waals surface area contributed by atoms with E-state index in [9.17, 15) is 18.8 Å². The summed E-state index contributed by atoms with van der Waals surface area (Å²) in [4.78, 5) is 43.3. The van der Waals surface area contributed by atoms with Crippen LogP contribution >= 0.6 is 11.8 Å². The van der Waals surface area contributed by atoms with Gasteiger partial charge in [-0.3, -0.25) is 14.4 Å². The first-order valence-electron chi connectivity index (χ1n) is 11.5. The number of benzene rings is 3. The van der Waals surface area contributed by atoms with Crippen LogP contribution in [-0.2, 0) is 11.3 Å². The standard InChI is InChI=1S/C27H24FN3O3S/c28-21-7-3-1-5-19(21)16-31-22-15-18(26(33)30-13-11-17(12-14-30)25(29)32)9-10-24(22)35-23-8-4-2-6-20(23)27(31)34/h1-10,15,17H,11-14,16H2,(H2,29,32). The number of fused-ring (bicyclic) bond motifs is 2. The minimum absolute atomic E-state index is 0.0368. The Hall–Kier alpha value is -3.65. The lowest BCUT2D eigenvalue weighted by Gasteiger charge is -2.31. The molecule has 3 amide bonds. The average molecular weight is 490 g/mol. The Morgan fingerprint density at radius 3 is 2.43 bits per heavy atom. The Kier molecular flexibility index (Phi) is 6.30. The van der Waals surface area contributed by atoms with E-state index in [0.717, 1.165) is 9.79 Å². The zero-order chi connectivity index (χ0) is 24.5. The van der Waals surface area contributed by atoms with E-state index in [2.05, 4.69) is 0 Å². The Morgan fingerprint density at radius 2 is 1.69 bits per heavy atom. The van der Waals surface area contributed by atoms with Crippen molar-refractivity contribution >= 4 is 35.2 Å². The minimum atomic E-state index is -0.392. The highest BCUT2D eigenvalue weighted by atomic mass is 32.2. The van der Waals surface area contributed by atoms with Crippen molar-refractivity contribution in [1.82, 2.24) is 4.90 Å². The van der Waals surface area contributed by atoms with Crippen LogP contribution in [0, 0.1) is 11.7 Å². The molecule has 0 unspecified atom stereocenters. The quantitative estimate of drug-likeness (QED) is 0.586. The largest absolute Gasteiger partial charge is 0.369 e. The van der Waals surface area contributed by atoms with Crippen LogP contribution in [0.25, 0.3) is 0 Å². The third-order valence-electron chi connectivity index (χ3n) is 6.55. The van der Waals surface area contributed by atoms with Gasteiger partial charge >= 0.3 is 0 Å². The highest BCUT2D eigenvalue weighted by Gasteiger charge is 2.31. The first-order valence-corrected chi connectivity index (χ1v) is 12.3. The molecule has 2 aliphatic heterocycles. The van der Waals surface area contributed by atoms with Crippen LogP contribution in [0.3, 0.4) is 0 Å². The van der Waals surface area contributed by atoms with Crippen molar-refractivity contribution in [3.05, 3.63) is 89.2 Å². The van der Waals surface area contributed by atoms with E-state index in [1.54, 1.807) is 52.3 Å². The Labute approximate surface area is 206 Å². The molecule has 0 atom stereocenters. The van der Waals surface area contributed by atoms with E-state index in [-0.39, 0.29) is 30.2 Å². The topological polar surface area (TPSA) is 83.7 Å². The van der Waals surface area contributed by atoms with E-state index >= 15 is 0 Å². The molecule has 178 valence electrons. The van der Waals surface area contributed by atoms with Gasteiger partial charge in [-0.2, -0.15) is 0 Å². The van der Waals surface area contributed by atoms with Crippen molar-refractivity contribution in [2.45, 2.75) is 29.2 Å². The molecule has 0 aromatic heterocycles. The molecule has 0 radical (unpaired) electrons. The van der Waals surface area contributed by atoms with Crippen molar-refractivity contribution in [1.29, 1.82) is 0 Å². The smallest absolute Gasteiger partial charge is 0.259 e. The number of hydrogen-bond acceptors (Lipinski definition) is 4. The fourth-order valence-corrected chi connectivity index (χ4v) is 5.62. The van der Waals surface area contributed by atoms with Gasteiger partial charge in [-0.1, -0.05) is 42.1 Å². The van der Waals surface area contributed by atoms with Crippen LogP contribution in [0.5, 0.6) is 0 Å². The fraction of sp³-hybridized carbons (Fsp3) is 0.222. The molecule has 2 aliphatic rings. The number of likely N-dealkylation sites (tertiary alicyclic amines) is 1. The van der Waals surface area contributed by atoms with Gasteiger partial charge in [0, 0.05) is 39.9 Å². The van der Waals surface area contributed by atoms with Gasteiger partial charge < -0.3 is 15.5 Å². The molecule has 3 aromatic carbocycles. The predicted octanol–water partition coefficient (Wildman–Crippen LogP) is 4.47. The van der Waals surface area contributed by atoms with Crippen LogP contribution in [0.2, 0.25) is 0 Å². The van der Waals surface area contributed by atoms with Crippen LogP contribution in [-0.4, -0.2) is 35.7 Å². The molecule has 0 saturated carbocycles. The van der Waals surface area contributed by atoms with Crippen molar-refractivity contribution in [2.24, 2.45) is 11.7 Å². The van der Waals surface area contributed by atoms with Crippen LogP contribution in [0.1, 0.15) is 39.1 Å². The van der Waals surface area contributed by atoms with Gasteiger partial charge in [0.2, 0.25) is 5.91 Å². The Morgan fingerprint density at radius 1 is 0.971 bits per heavy atom. The minimum Gasteiger partial charge on any atom is -0.369 e. The van der Waals surface area contributed by atoms with Gasteiger partial charge in [-0.05, 0) is 49.2 Å². The highest BCUT2D eigenvalue weighted by Crippen LogP contribution is 2.42. The number of carbonyl (C=O) groups is 3. The molecule has 1 fully saturated rings.